The molecule has 0 aliphatic rings. The molecule has 0 radical (unpaired) electrons. The van der Waals surface area contributed by atoms with E-state index in [4.69, 9.17) is 27.6 Å². The third-order valence-corrected chi connectivity index (χ3v) is 4.66. The zero-order valence-corrected chi connectivity index (χ0v) is 15.3. The molecule has 3 aromatic carbocycles. The number of hydrogen-bond acceptors (Lipinski definition) is 0. The lowest BCUT2D eigenvalue weighted by Crippen LogP contribution is -1.86. The van der Waals surface area contributed by atoms with Crippen molar-refractivity contribution in [1.82, 2.24) is 0 Å². The lowest BCUT2D eigenvalue weighted by atomic mass is 10.0. The monoisotopic (exact) mass is 377 g/mol. The predicted molar refractivity (Wildman–Crippen MR) is 109 cm³/mol. The Morgan fingerprint density at radius 3 is 1.38 bits per heavy atom. The molecule has 0 N–H and O–H groups in total. The molecule has 26 heavy (non-hydrogen) atoms. The average molecular weight is 378 g/mol. The van der Waals surface area contributed by atoms with Crippen LogP contribution in [0.1, 0.15) is 0 Å². The van der Waals surface area contributed by atoms with Crippen molar-refractivity contribution in [3.8, 4) is 33.8 Å². The zero-order chi connectivity index (χ0) is 17.9. The molecule has 0 aliphatic carbocycles. The van der Waals surface area contributed by atoms with Crippen LogP contribution >= 0.6 is 23.2 Å². The molecule has 0 aliphatic heterocycles. The highest BCUT2D eigenvalue weighted by Crippen LogP contribution is 2.33. The van der Waals surface area contributed by atoms with E-state index < -0.39 is 0 Å². The van der Waals surface area contributed by atoms with E-state index in [1.54, 1.807) is 0 Å². The fourth-order valence-electron chi connectivity index (χ4n) is 2.81. The van der Waals surface area contributed by atoms with E-state index in [-0.39, 0.29) is 0 Å². The van der Waals surface area contributed by atoms with Gasteiger partial charge in [-0.2, -0.15) is 0 Å². The van der Waals surface area contributed by atoms with E-state index >= 15 is 0 Å². The summed E-state index contributed by atoms with van der Waals surface area (Å²) in [6.07, 6.45) is 0. The predicted octanol–water partition coefficient (Wildman–Crippen LogP) is 7.87. The highest BCUT2D eigenvalue weighted by atomic mass is 35.5. The van der Waals surface area contributed by atoms with Crippen LogP contribution in [-0.4, -0.2) is 0 Å². The van der Waals surface area contributed by atoms with Crippen molar-refractivity contribution in [3.63, 3.8) is 0 Å². The fraction of sp³-hybridized carbons (Fsp3) is 0. The molecule has 0 saturated carbocycles. The molecule has 126 valence electrons. The SMILES string of the molecule is Clc1ccc(-c2cc(-c3ccccc3)cc(-c3ccc(Cl)cc3)[o+]2)cc1. The van der Waals surface area contributed by atoms with E-state index in [9.17, 15) is 0 Å². The van der Waals surface area contributed by atoms with Gasteiger partial charge in [-0.05, 0) is 54.1 Å². The van der Waals surface area contributed by atoms with E-state index in [1.807, 2.05) is 66.7 Å². The van der Waals surface area contributed by atoms with Crippen molar-refractivity contribution < 1.29 is 4.42 Å². The third kappa shape index (κ3) is 3.65. The van der Waals surface area contributed by atoms with E-state index in [0.717, 1.165) is 33.8 Å². The van der Waals surface area contributed by atoms with Crippen LogP contribution in [0.5, 0.6) is 0 Å². The molecular weight excluding hydrogens is 363 g/mol. The van der Waals surface area contributed by atoms with Gasteiger partial charge in [0.25, 0.3) is 0 Å². The zero-order valence-electron chi connectivity index (χ0n) is 13.8. The van der Waals surface area contributed by atoms with Gasteiger partial charge >= 0.3 is 11.5 Å². The van der Waals surface area contributed by atoms with E-state index in [0.29, 0.717) is 10.0 Å². The van der Waals surface area contributed by atoms with Gasteiger partial charge in [0.05, 0.1) is 23.3 Å². The molecule has 0 amide bonds. The van der Waals surface area contributed by atoms with Crippen LogP contribution in [0.3, 0.4) is 0 Å². The molecule has 1 nitrogen and oxygen atoms in total. The van der Waals surface area contributed by atoms with Gasteiger partial charge in [-0.3, -0.25) is 0 Å². The van der Waals surface area contributed by atoms with Gasteiger partial charge in [-0.25, -0.2) is 4.42 Å². The topological polar surface area (TPSA) is 11.3 Å². The van der Waals surface area contributed by atoms with E-state index in [1.165, 1.54) is 0 Å². The first-order valence-corrected chi connectivity index (χ1v) is 9.00. The van der Waals surface area contributed by atoms with Gasteiger partial charge in [0.1, 0.15) is 0 Å². The summed E-state index contributed by atoms with van der Waals surface area (Å²) in [4.78, 5) is 0. The van der Waals surface area contributed by atoms with Crippen LogP contribution < -0.4 is 0 Å². The van der Waals surface area contributed by atoms with Gasteiger partial charge in [0.15, 0.2) is 0 Å². The lowest BCUT2D eigenvalue weighted by molar-refractivity contribution is 0.582. The standard InChI is InChI=1S/C23H15Cl2O/c24-20-10-6-17(7-11-20)22-14-19(16-4-2-1-3-5-16)15-23(26-22)18-8-12-21(25)13-9-18/h1-15H/q+1. The minimum Gasteiger partial charge on any atom is -0.207 e. The Balaban J connectivity index is 1.89. The molecule has 3 heteroatoms. The average Bonchev–Trinajstić information content (AvgIpc) is 2.69. The second-order valence-corrected chi connectivity index (χ2v) is 6.83. The van der Waals surface area contributed by atoms with Crippen molar-refractivity contribution >= 4 is 23.2 Å². The van der Waals surface area contributed by atoms with E-state index in [2.05, 4.69) is 24.3 Å². The van der Waals surface area contributed by atoms with Crippen molar-refractivity contribution in [3.05, 3.63) is 101 Å². The lowest BCUT2D eigenvalue weighted by Gasteiger charge is -2.02. The molecule has 0 unspecified atom stereocenters. The molecule has 1 aromatic heterocycles. The normalized spacial score (nSPS) is 10.7. The summed E-state index contributed by atoms with van der Waals surface area (Å²) in [5.74, 6) is 1.57. The molecule has 0 atom stereocenters. The highest BCUT2D eigenvalue weighted by Gasteiger charge is 2.20. The van der Waals surface area contributed by atoms with Crippen LogP contribution in [0, 0.1) is 0 Å². The molecular formula is C23H15Cl2O+. The summed E-state index contributed by atoms with van der Waals surface area (Å²) in [7, 11) is 0. The summed E-state index contributed by atoms with van der Waals surface area (Å²) >= 11 is 12.1. The summed E-state index contributed by atoms with van der Waals surface area (Å²) in [6.45, 7) is 0. The second-order valence-electron chi connectivity index (χ2n) is 5.95. The molecule has 0 saturated heterocycles. The second kappa shape index (κ2) is 7.33. The summed E-state index contributed by atoms with van der Waals surface area (Å²) < 4.78 is 6.21. The van der Waals surface area contributed by atoms with Gasteiger partial charge in [-0.15, -0.1) is 0 Å². The Morgan fingerprint density at radius 2 is 0.923 bits per heavy atom. The Kier molecular flexibility index (Phi) is 4.75. The van der Waals surface area contributed by atoms with Crippen LogP contribution in [0.15, 0.2) is 95.4 Å². The molecule has 4 aromatic rings. The summed E-state index contributed by atoms with van der Waals surface area (Å²) in [5.41, 5.74) is 4.17. The minimum atomic E-state index is 0.700. The highest BCUT2D eigenvalue weighted by molar-refractivity contribution is 6.30. The number of rotatable bonds is 3. The largest absolute Gasteiger partial charge is 0.361 e. The van der Waals surface area contributed by atoms with Crippen molar-refractivity contribution in [2.75, 3.05) is 0 Å². The first kappa shape index (κ1) is 16.8. The molecule has 0 fully saturated rings. The molecule has 0 bridgehead atoms. The van der Waals surface area contributed by atoms with Crippen LogP contribution in [-0.2, 0) is 0 Å². The maximum Gasteiger partial charge on any atom is 0.361 e. The Hall–Kier alpha value is -2.61. The minimum absolute atomic E-state index is 0.700. The first-order chi connectivity index (χ1) is 12.7. The smallest absolute Gasteiger partial charge is 0.207 e. The number of benzene rings is 3. The molecule has 4 rings (SSSR count). The van der Waals surface area contributed by atoms with Crippen molar-refractivity contribution in [1.29, 1.82) is 0 Å². The van der Waals surface area contributed by atoms with Gasteiger partial charge in [0, 0.05) is 15.6 Å². The van der Waals surface area contributed by atoms with Gasteiger partial charge in [0.2, 0.25) is 0 Å². The Morgan fingerprint density at radius 1 is 0.462 bits per heavy atom. The maximum atomic E-state index is 6.21. The van der Waals surface area contributed by atoms with Crippen LogP contribution in [0.2, 0.25) is 10.0 Å². The maximum absolute atomic E-state index is 6.21. The van der Waals surface area contributed by atoms with Crippen LogP contribution in [0.4, 0.5) is 0 Å². The van der Waals surface area contributed by atoms with Crippen molar-refractivity contribution in [2.24, 2.45) is 0 Å². The van der Waals surface area contributed by atoms with Gasteiger partial charge < -0.3 is 0 Å². The summed E-state index contributed by atoms with van der Waals surface area (Å²) in [6, 6.07) is 29.7. The molecule has 1 heterocycles. The number of hydrogen-bond donors (Lipinski definition) is 0. The number of halogens is 2. The quantitative estimate of drug-likeness (QED) is 0.330. The summed E-state index contributed by atoms with van der Waals surface area (Å²) in [5, 5.41) is 1.40. The Labute approximate surface area is 162 Å². The third-order valence-electron chi connectivity index (χ3n) is 4.16. The Bertz CT molecular complexity index is 960. The van der Waals surface area contributed by atoms with Crippen molar-refractivity contribution in [2.45, 2.75) is 0 Å². The first-order valence-electron chi connectivity index (χ1n) is 8.24. The van der Waals surface area contributed by atoms with Crippen LogP contribution in [0.25, 0.3) is 33.8 Å². The van der Waals surface area contributed by atoms with Gasteiger partial charge in [-0.1, -0.05) is 53.5 Å². The molecule has 0 spiro atoms. The fourth-order valence-corrected chi connectivity index (χ4v) is 3.06.